The molecule has 4 fully saturated rings. The lowest BCUT2D eigenvalue weighted by Gasteiger charge is -2.35. The Morgan fingerprint density at radius 1 is 1.05 bits per heavy atom. The second-order valence-corrected chi connectivity index (χ2v) is 12.2. The lowest BCUT2D eigenvalue weighted by molar-refractivity contribution is -0.118. The van der Waals surface area contributed by atoms with Gasteiger partial charge in [-0.15, -0.1) is 0 Å². The van der Waals surface area contributed by atoms with Crippen LogP contribution < -0.4 is 25.8 Å². The summed E-state index contributed by atoms with van der Waals surface area (Å²) in [6.45, 7) is 7.91. The second-order valence-electron chi connectivity index (χ2n) is 12.2. The fourth-order valence-electron chi connectivity index (χ4n) is 7.93. The predicted octanol–water partition coefficient (Wildman–Crippen LogP) is 4.02. The Kier molecular flexibility index (Phi) is 6.41. The third kappa shape index (κ3) is 4.35. The minimum absolute atomic E-state index is 0.186. The Labute approximate surface area is 231 Å². The minimum Gasteiger partial charge on any atom is -0.497 e. The maximum atomic E-state index is 13.1. The maximum Gasteiger partial charge on any atom is 0.235 e. The molecule has 2 aromatic carbocycles. The number of piperazine rings is 1. The van der Waals surface area contributed by atoms with E-state index in [-0.39, 0.29) is 11.3 Å². The number of ether oxygens (including phenoxy) is 1. The van der Waals surface area contributed by atoms with Crippen molar-refractivity contribution in [1.82, 2.24) is 15.8 Å². The molecule has 1 amide bonds. The molecule has 2 aliphatic carbocycles. The molecular formula is C32H41N5O2. The van der Waals surface area contributed by atoms with E-state index in [1.165, 1.54) is 24.1 Å². The summed E-state index contributed by atoms with van der Waals surface area (Å²) in [6, 6.07) is 15.8. The van der Waals surface area contributed by atoms with Crippen LogP contribution >= 0.6 is 0 Å². The van der Waals surface area contributed by atoms with Crippen molar-refractivity contribution < 1.29 is 9.53 Å². The summed E-state index contributed by atoms with van der Waals surface area (Å²) in [5.74, 6) is 2.60. The molecule has 4 unspecified atom stereocenters. The lowest BCUT2D eigenvalue weighted by Crippen LogP contribution is -2.46. The minimum atomic E-state index is -0.345. The molecule has 0 aromatic heterocycles. The van der Waals surface area contributed by atoms with Crippen LogP contribution in [0.15, 0.2) is 48.5 Å². The number of hydrazine groups is 1. The number of methoxy groups -OCH3 is 1. The Morgan fingerprint density at radius 2 is 1.87 bits per heavy atom. The first-order valence-electron chi connectivity index (χ1n) is 14.9. The zero-order valence-electron chi connectivity index (χ0n) is 23.2. The van der Waals surface area contributed by atoms with E-state index in [0.29, 0.717) is 29.8 Å². The molecule has 39 heavy (non-hydrogen) atoms. The highest BCUT2D eigenvalue weighted by atomic mass is 16.5. The van der Waals surface area contributed by atoms with E-state index in [2.05, 4.69) is 75.4 Å². The molecule has 2 saturated carbocycles. The summed E-state index contributed by atoms with van der Waals surface area (Å²) in [5.41, 5.74) is 11.5. The summed E-state index contributed by atoms with van der Waals surface area (Å²) >= 11 is 0. The van der Waals surface area contributed by atoms with Crippen LogP contribution in [0.1, 0.15) is 43.7 Å². The molecule has 1 spiro atoms. The van der Waals surface area contributed by atoms with Gasteiger partial charge in [-0.3, -0.25) is 15.6 Å². The molecule has 0 bridgehead atoms. The van der Waals surface area contributed by atoms with Gasteiger partial charge in [0.05, 0.1) is 12.5 Å². The third-order valence-electron chi connectivity index (χ3n) is 10.4. The largest absolute Gasteiger partial charge is 0.497 e. The normalized spacial score (nSPS) is 33.8. The number of fused-ring (bicyclic) bond motifs is 3. The SMILES string of the molecule is CCN1CCN(c2ccc(/C=C/C3NNC4CC([C@@H]5C[C@@]56C(=O)Nc5ccc(OC)cc56)CCC34)cc2)CC1. The molecule has 7 nitrogen and oxygen atoms in total. The third-order valence-corrected chi connectivity index (χ3v) is 10.4. The Hall–Kier alpha value is -2.87. The van der Waals surface area contributed by atoms with Crippen LogP contribution in [-0.2, 0) is 10.2 Å². The van der Waals surface area contributed by atoms with Gasteiger partial charge in [0.25, 0.3) is 0 Å². The van der Waals surface area contributed by atoms with Crippen molar-refractivity contribution in [2.45, 2.75) is 50.1 Å². The number of carbonyl (C=O) groups excluding carboxylic acids is 1. The number of nitrogens with one attached hydrogen (secondary N) is 3. The molecule has 7 rings (SSSR count). The van der Waals surface area contributed by atoms with Crippen molar-refractivity contribution in [2.24, 2.45) is 17.8 Å². The number of nitrogens with zero attached hydrogens (tertiary/aromatic N) is 2. The number of benzene rings is 2. The van der Waals surface area contributed by atoms with Gasteiger partial charge < -0.3 is 19.9 Å². The first-order valence-corrected chi connectivity index (χ1v) is 14.9. The van der Waals surface area contributed by atoms with Gasteiger partial charge in [0.2, 0.25) is 5.91 Å². The predicted molar refractivity (Wildman–Crippen MR) is 156 cm³/mol. The van der Waals surface area contributed by atoms with Gasteiger partial charge in [-0.2, -0.15) is 0 Å². The van der Waals surface area contributed by atoms with Crippen LogP contribution in [0.3, 0.4) is 0 Å². The van der Waals surface area contributed by atoms with E-state index in [1.54, 1.807) is 7.11 Å². The molecular weight excluding hydrogens is 486 g/mol. The van der Waals surface area contributed by atoms with Crippen molar-refractivity contribution in [3.05, 3.63) is 59.7 Å². The van der Waals surface area contributed by atoms with Gasteiger partial charge in [-0.1, -0.05) is 31.2 Å². The smallest absolute Gasteiger partial charge is 0.235 e. The van der Waals surface area contributed by atoms with E-state index >= 15 is 0 Å². The highest BCUT2D eigenvalue weighted by Gasteiger charge is 2.67. The summed E-state index contributed by atoms with van der Waals surface area (Å²) < 4.78 is 5.47. The molecule has 6 atom stereocenters. The number of hydrogen-bond donors (Lipinski definition) is 3. The van der Waals surface area contributed by atoms with Gasteiger partial charge in [0.15, 0.2) is 0 Å². The molecule has 0 radical (unpaired) electrons. The second kappa shape index (κ2) is 9.95. The van der Waals surface area contributed by atoms with Crippen LogP contribution in [0.2, 0.25) is 0 Å². The highest BCUT2D eigenvalue weighted by Crippen LogP contribution is 2.65. The van der Waals surface area contributed by atoms with Crippen LogP contribution in [0.4, 0.5) is 11.4 Å². The Balaban J connectivity index is 0.964. The molecule has 2 aromatic rings. The first kappa shape index (κ1) is 25.1. The highest BCUT2D eigenvalue weighted by molar-refractivity contribution is 6.09. The van der Waals surface area contributed by atoms with Crippen molar-refractivity contribution in [1.29, 1.82) is 0 Å². The molecule has 7 heteroatoms. The van der Waals surface area contributed by atoms with Crippen LogP contribution in [-0.4, -0.2) is 62.7 Å². The van der Waals surface area contributed by atoms with Crippen LogP contribution in [0, 0.1) is 17.8 Å². The number of carbonyl (C=O) groups is 1. The number of anilines is 2. The summed E-state index contributed by atoms with van der Waals surface area (Å²) in [6.07, 6.45) is 9.08. The topological polar surface area (TPSA) is 68.9 Å². The lowest BCUT2D eigenvalue weighted by atomic mass is 9.73. The van der Waals surface area contributed by atoms with E-state index < -0.39 is 0 Å². The summed E-state index contributed by atoms with van der Waals surface area (Å²) in [5, 5.41) is 3.15. The van der Waals surface area contributed by atoms with Crippen molar-refractivity contribution >= 4 is 23.4 Å². The first-order chi connectivity index (χ1) is 19.1. The Morgan fingerprint density at radius 3 is 2.64 bits per heavy atom. The molecule has 206 valence electrons. The standard InChI is InChI=1S/C32H41N5O2/c1-3-36-14-16-37(17-15-36)23-8-4-21(5-9-23)6-12-28-25-11-7-22(18-30(25)35-34-28)27-20-32(27)26-19-24(39-2)10-13-29(26)33-31(32)38/h4-6,8-10,12-13,19,22,25,27-28,30,34-35H,3,7,11,14-18,20H2,1-2H3,(H,33,38)/b12-6+/t22?,25?,27-,28?,30?,32-/m0/s1. The fraction of sp³-hybridized carbons (Fsp3) is 0.531. The van der Waals surface area contributed by atoms with Crippen molar-refractivity contribution in [2.75, 3.05) is 50.1 Å². The number of likely N-dealkylation sites (N-methyl/N-ethyl adjacent to an activating group) is 1. The Bertz CT molecular complexity index is 1250. The number of rotatable bonds is 6. The van der Waals surface area contributed by atoms with Crippen molar-refractivity contribution in [3.63, 3.8) is 0 Å². The molecule has 3 aliphatic heterocycles. The van der Waals surface area contributed by atoms with E-state index in [4.69, 9.17) is 4.74 Å². The van der Waals surface area contributed by atoms with Gasteiger partial charge in [-0.05, 0) is 91.4 Å². The average Bonchev–Trinajstić information content (AvgIpc) is 3.53. The molecule has 5 aliphatic rings. The van der Waals surface area contributed by atoms with Gasteiger partial charge >= 0.3 is 0 Å². The zero-order valence-corrected chi connectivity index (χ0v) is 23.2. The summed E-state index contributed by atoms with van der Waals surface area (Å²) in [4.78, 5) is 18.1. The molecule has 2 saturated heterocycles. The monoisotopic (exact) mass is 527 g/mol. The maximum absolute atomic E-state index is 13.1. The zero-order chi connectivity index (χ0) is 26.6. The van der Waals surface area contributed by atoms with E-state index in [1.807, 2.05) is 12.1 Å². The number of amides is 1. The molecule has 3 heterocycles. The summed E-state index contributed by atoms with van der Waals surface area (Å²) in [7, 11) is 1.69. The average molecular weight is 528 g/mol. The van der Waals surface area contributed by atoms with Crippen LogP contribution in [0.25, 0.3) is 6.08 Å². The van der Waals surface area contributed by atoms with E-state index in [0.717, 1.165) is 62.6 Å². The molecule has 3 N–H and O–H groups in total. The van der Waals surface area contributed by atoms with Crippen molar-refractivity contribution in [3.8, 4) is 5.75 Å². The van der Waals surface area contributed by atoms with Gasteiger partial charge in [0, 0.05) is 49.6 Å². The van der Waals surface area contributed by atoms with E-state index in [9.17, 15) is 4.79 Å². The van der Waals surface area contributed by atoms with Gasteiger partial charge in [-0.25, -0.2) is 0 Å². The quantitative estimate of drug-likeness (QED) is 0.527. The van der Waals surface area contributed by atoms with Gasteiger partial charge in [0.1, 0.15) is 5.75 Å². The number of hydrogen-bond acceptors (Lipinski definition) is 6. The fourth-order valence-corrected chi connectivity index (χ4v) is 7.93. The van der Waals surface area contributed by atoms with Crippen LogP contribution in [0.5, 0.6) is 5.75 Å².